The molecule has 0 aromatic heterocycles. The maximum absolute atomic E-state index is 12.5. The van der Waals surface area contributed by atoms with Crippen molar-refractivity contribution in [2.75, 3.05) is 0 Å². The van der Waals surface area contributed by atoms with Crippen molar-refractivity contribution in [1.29, 1.82) is 0 Å². The van der Waals surface area contributed by atoms with Crippen LogP contribution in [0.4, 0.5) is 0 Å². The van der Waals surface area contributed by atoms with Crippen molar-refractivity contribution in [3.63, 3.8) is 0 Å². The normalized spacial score (nSPS) is 15.9. The Labute approximate surface area is 141 Å². The Kier molecular flexibility index (Phi) is 3.66. The molecule has 0 saturated heterocycles. The van der Waals surface area contributed by atoms with Crippen LogP contribution in [0.15, 0.2) is 72.8 Å². The average Bonchev–Trinajstić information content (AvgIpc) is 3.00. The van der Waals surface area contributed by atoms with Crippen LogP contribution in [0.3, 0.4) is 0 Å². The molecule has 0 amide bonds. The molecule has 0 radical (unpaired) electrons. The van der Waals surface area contributed by atoms with E-state index in [9.17, 15) is 4.79 Å². The second-order valence-electron chi connectivity index (χ2n) is 6.05. The molecule has 3 aromatic carbocycles. The Bertz CT molecular complexity index is 939. The summed E-state index contributed by atoms with van der Waals surface area (Å²) < 4.78 is 5.79. The SMILES string of the molecule is CCC1C=C(OC(=O)c2ccccc2)c2c1ccc1ccccc21. The van der Waals surface area contributed by atoms with E-state index in [1.54, 1.807) is 12.1 Å². The number of benzene rings is 3. The highest BCUT2D eigenvalue weighted by Gasteiger charge is 2.27. The number of allylic oxidation sites excluding steroid dienone is 1. The Balaban J connectivity index is 1.78. The van der Waals surface area contributed by atoms with Gasteiger partial charge in [-0.2, -0.15) is 0 Å². The number of rotatable bonds is 3. The summed E-state index contributed by atoms with van der Waals surface area (Å²) in [4.78, 5) is 12.5. The van der Waals surface area contributed by atoms with Crippen LogP contribution in [0.1, 0.15) is 40.7 Å². The number of fused-ring (bicyclic) bond motifs is 3. The van der Waals surface area contributed by atoms with Gasteiger partial charge in [-0.1, -0.05) is 61.5 Å². The lowest BCUT2D eigenvalue weighted by atomic mass is 9.94. The van der Waals surface area contributed by atoms with Gasteiger partial charge in [-0.3, -0.25) is 0 Å². The second-order valence-corrected chi connectivity index (χ2v) is 6.05. The number of carbonyl (C=O) groups is 1. The van der Waals surface area contributed by atoms with Crippen LogP contribution in [-0.4, -0.2) is 5.97 Å². The highest BCUT2D eigenvalue weighted by molar-refractivity contribution is 6.00. The first kappa shape index (κ1) is 14.7. The molecule has 0 bridgehead atoms. The molecule has 3 aromatic rings. The molecule has 0 fully saturated rings. The fourth-order valence-electron chi connectivity index (χ4n) is 3.38. The molecule has 2 nitrogen and oxygen atoms in total. The molecule has 1 aliphatic rings. The van der Waals surface area contributed by atoms with E-state index in [1.165, 1.54) is 5.56 Å². The fraction of sp³-hybridized carbons (Fsp3) is 0.136. The minimum Gasteiger partial charge on any atom is -0.423 e. The lowest BCUT2D eigenvalue weighted by Gasteiger charge is -2.12. The maximum atomic E-state index is 12.5. The topological polar surface area (TPSA) is 26.3 Å². The van der Waals surface area contributed by atoms with Gasteiger partial charge in [0.25, 0.3) is 0 Å². The van der Waals surface area contributed by atoms with Crippen LogP contribution in [-0.2, 0) is 4.74 Å². The number of hydrogen-bond donors (Lipinski definition) is 0. The van der Waals surface area contributed by atoms with E-state index in [1.807, 2.05) is 30.3 Å². The number of ether oxygens (including phenoxy) is 1. The number of carbonyl (C=O) groups excluding carboxylic acids is 1. The highest BCUT2D eigenvalue weighted by atomic mass is 16.5. The summed E-state index contributed by atoms with van der Waals surface area (Å²) in [7, 11) is 0. The van der Waals surface area contributed by atoms with Crippen LogP contribution in [0.25, 0.3) is 16.5 Å². The third kappa shape index (κ3) is 2.41. The molecule has 1 atom stereocenters. The predicted octanol–water partition coefficient (Wildman–Crippen LogP) is 5.54. The van der Waals surface area contributed by atoms with Gasteiger partial charge in [0.1, 0.15) is 5.76 Å². The zero-order chi connectivity index (χ0) is 16.5. The Morgan fingerprint density at radius 1 is 0.958 bits per heavy atom. The van der Waals surface area contributed by atoms with Crippen LogP contribution in [0, 0.1) is 0 Å². The van der Waals surface area contributed by atoms with E-state index in [4.69, 9.17) is 4.74 Å². The minimum atomic E-state index is -0.308. The maximum Gasteiger partial charge on any atom is 0.343 e. The summed E-state index contributed by atoms with van der Waals surface area (Å²) in [6, 6.07) is 21.7. The van der Waals surface area contributed by atoms with Crippen LogP contribution >= 0.6 is 0 Å². The van der Waals surface area contributed by atoms with E-state index >= 15 is 0 Å². The van der Waals surface area contributed by atoms with Gasteiger partial charge in [-0.15, -0.1) is 0 Å². The third-order valence-electron chi connectivity index (χ3n) is 4.61. The molecule has 0 aliphatic heterocycles. The van der Waals surface area contributed by atoms with Crippen LogP contribution in [0.2, 0.25) is 0 Å². The molecular weight excluding hydrogens is 296 g/mol. The van der Waals surface area contributed by atoms with Gasteiger partial charge in [0.05, 0.1) is 5.56 Å². The predicted molar refractivity (Wildman–Crippen MR) is 96.8 cm³/mol. The van der Waals surface area contributed by atoms with E-state index in [2.05, 4.69) is 37.3 Å². The fourth-order valence-corrected chi connectivity index (χ4v) is 3.38. The van der Waals surface area contributed by atoms with Crippen molar-refractivity contribution >= 4 is 22.5 Å². The minimum absolute atomic E-state index is 0.295. The van der Waals surface area contributed by atoms with Gasteiger partial charge < -0.3 is 4.74 Å². The zero-order valence-electron chi connectivity index (χ0n) is 13.5. The molecule has 2 heteroatoms. The van der Waals surface area contributed by atoms with Gasteiger partial charge in [-0.05, 0) is 41.0 Å². The standard InChI is InChI=1S/C22H18O2/c1-2-15-14-20(24-22(23)17-9-4-3-5-10-17)21-18-11-7-6-8-16(18)12-13-19(15)21/h3-15H,2H2,1H3. The van der Waals surface area contributed by atoms with Gasteiger partial charge in [0, 0.05) is 11.5 Å². The average molecular weight is 314 g/mol. The zero-order valence-corrected chi connectivity index (χ0v) is 13.5. The summed E-state index contributed by atoms with van der Waals surface area (Å²) >= 11 is 0. The lowest BCUT2D eigenvalue weighted by Crippen LogP contribution is -2.04. The van der Waals surface area contributed by atoms with Crippen LogP contribution in [0.5, 0.6) is 0 Å². The van der Waals surface area contributed by atoms with E-state index < -0.39 is 0 Å². The lowest BCUT2D eigenvalue weighted by molar-refractivity contribution is 0.0692. The molecule has 0 heterocycles. The van der Waals surface area contributed by atoms with Crippen molar-refractivity contribution in [2.45, 2.75) is 19.3 Å². The first-order valence-electron chi connectivity index (χ1n) is 8.29. The second kappa shape index (κ2) is 5.97. The van der Waals surface area contributed by atoms with Crippen molar-refractivity contribution < 1.29 is 9.53 Å². The first-order chi connectivity index (χ1) is 11.8. The molecule has 1 unspecified atom stereocenters. The number of hydrogen-bond acceptors (Lipinski definition) is 2. The smallest absolute Gasteiger partial charge is 0.343 e. The highest BCUT2D eigenvalue weighted by Crippen LogP contribution is 2.42. The molecule has 24 heavy (non-hydrogen) atoms. The molecule has 118 valence electrons. The molecule has 0 saturated carbocycles. The summed E-state index contributed by atoms with van der Waals surface area (Å²) in [5, 5.41) is 2.30. The van der Waals surface area contributed by atoms with E-state index in [0.29, 0.717) is 17.2 Å². The van der Waals surface area contributed by atoms with Gasteiger partial charge >= 0.3 is 5.97 Å². The number of esters is 1. The first-order valence-corrected chi connectivity index (χ1v) is 8.29. The summed E-state index contributed by atoms with van der Waals surface area (Å²) in [5.74, 6) is 0.670. The summed E-state index contributed by atoms with van der Waals surface area (Å²) in [6.07, 6.45) is 3.07. The summed E-state index contributed by atoms with van der Waals surface area (Å²) in [5.41, 5.74) is 2.87. The van der Waals surface area contributed by atoms with E-state index in [-0.39, 0.29) is 5.97 Å². The van der Waals surface area contributed by atoms with Crippen LogP contribution < -0.4 is 0 Å². The van der Waals surface area contributed by atoms with Gasteiger partial charge in [-0.25, -0.2) is 4.79 Å². The molecule has 0 spiro atoms. The van der Waals surface area contributed by atoms with Gasteiger partial charge in [0.15, 0.2) is 0 Å². The quantitative estimate of drug-likeness (QED) is 0.593. The molecular formula is C22H18O2. The van der Waals surface area contributed by atoms with Crippen molar-refractivity contribution in [1.82, 2.24) is 0 Å². The van der Waals surface area contributed by atoms with Crippen molar-refractivity contribution in [3.05, 3.63) is 89.5 Å². The van der Waals surface area contributed by atoms with E-state index in [0.717, 1.165) is 22.8 Å². The Morgan fingerprint density at radius 3 is 2.50 bits per heavy atom. The summed E-state index contributed by atoms with van der Waals surface area (Å²) in [6.45, 7) is 2.15. The molecule has 4 rings (SSSR count). The van der Waals surface area contributed by atoms with Crippen molar-refractivity contribution in [3.8, 4) is 0 Å². The largest absolute Gasteiger partial charge is 0.423 e. The Morgan fingerprint density at radius 2 is 1.71 bits per heavy atom. The Hall–Kier alpha value is -2.87. The third-order valence-corrected chi connectivity index (χ3v) is 4.61. The van der Waals surface area contributed by atoms with Gasteiger partial charge in [0.2, 0.25) is 0 Å². The van der Waals surface area contributed by atoms with Crippen molar-refractivity contribution in [2.24, 2.45) is 0 Å². The molecule has 1 aliphatic carbocycles. The monoisotopic (exact) mass is 314 g/mol. The molecule has 0 N–H and O–H groups in total.